The van der Waals surface area contributed by atoms with E-state index >= 15 is 0 Å². The Kier molecular flexibility index (Phi) is 5.79. The highest BCUT2D eigenvalue weighted by atomic mass is 79.9. The molecule has 0 unspecified atom stereocenters. The van der Waals surface area contributed by atoms with Crippen LogP contribution >= 0.6 is 27.7 Å². The Labute approximate surface area is 163 Å². The largest absolute Gasteiger partial charge is 0.497 e. The van der Waals surface area contributed by atoms with E-state index in [1.54, 1.807) is 31.4 Å². The Hall–Kier alpha value is -2.52. The quantitative estimate of drug-likeness (QED) is 0.457. The molecule has 3 rings (SSSR count). The van der Waals surface area contributed by atoms with Crippen LogP contribution in [0.2, 0.25) is 0 Å². The molecular weight excluding hydrogens is 418 g/mol. The second-order valence-corrected chi connectivity index (χ2v) is 7.11. The lowest BCUT2D eigenvalue weighted by atomic mass is 10.2. The van der Waals surface area contributed by atoms with Crippen molar-refractivity contribution in [2.45, 2.75) is 5.16 Å². The topological polar surface area (TPSA) is 95.1 Å². The Bertz CT molecular complexity index is 897. The fourth-order valence-corrected chi connectivity index (χ4v) is 3.09. The van der Waals surface area contributed by atoms with Crippen molar-refractivity contribution in [1.29, 1.82) is 0 Å². The van der Waals surface area contributed by atoms with Crippen molar-refractivity contribution < 1.29 is 9.53 Å². The molecule has 0 bridgehead atoms. The third-order valence-corrected chi connectivity index (χ3v) is 4.94. The van der Waals surface area contributed by atoms with E-state index in [9.17, 15) is 4.79 Å². The first kappa shape index (κ1) is 18.3. The summed E-state index contributed by atoms with van der Waals surface area (Å²) in [5.74, 6) is 7.34. The zero-order valence-corrected chi connectivity index (χ0v) is 16.3. The van der Waals surface area contributed by atoms with Crippen LogP contribution in [0.3, 0.4) is 0 Å². The van der Waals surface area contributed by atoms with E-state index in [0.717, 1.165) is 15.8 Å². The molecule has 0 atom stereocenters. The highest BCUT2D eigenvalue weighted by Crippen LogP contribution is 2.23. The van der Waals surface area contributed by atoms with Crippen LogP contribution < -0.4 is 15.9 Å². The predicted octanol–water partition coefficient (Wildman–Crippen LogP) is 3.16. The smallest absolute Gasteiger partial charge is 0.234 e. The van der Waals surface area contributed by atoms with E-state index < -0.39 is 0 Å². The molecule has 0 aliphatic carbocycles. The van der Waals surface area contributed by atoms with Gasteiger partial charge in [0.25, 0.3) is 0 Å². The number of amides is 1. The van der Waals surface area contributed by atoms with Gasteiger partial charge in [0.15, 0.2) is 5.82 Å². The summed E-state index contributed by atoms with van der Waals surface area (Å²) < 4.78 is 7.44. The molecule has 0 aliphatic heterocycles. The van der Waals surface area contributed by atoms with Crippen molar-refractivity contribution >= 4 is 39.3 Å². The molecule has 9 heteroatoms. The lowest BCUT2D eigenvalue weighted by Gasteiger charge is -2.06. The molecule has 0 spiro atoms. The van der Waals surface area contributed by atoms with Gasteiger partial charge in [0.05, 0.1) is 12.9 Å². The van der Waals surface area contributed by atoms with Gasteiger partial charge in [-0.15, -0.1) is 10.2 Å². The number of nitrogens with one attached hydrogen (secondary N) is 1. The minimum Gasteiger partial charge on any atom is -0.497 e. The molecule has 0 radical (unpaired) electrons. The fraction of sp³-hybridized carbons (Fsp3) is 0.118. The van der Waals surface area contributed by atoms with Crippen LogP contribution in [0.1, 0.15) is 0 Å². The van der Waals surface area contributed by atoms with Crippen molar-refractivity contribution in [3.05, 3.63) is 53.0 Å². The van der Waals surface area contributed by atoms with Gasteiger partial charge in [-0.05, 0) is 36.4 Å². The molecule has 7 nitrogen and oxygen atoms in total. The number of rotatable bonds is 6. The second-order valence-electron chi connectivity index (χ2n) is 5.25. The van der Waals surface area contributed by atoms with E-state index in [0.29, 0.717) is 16.7 Å². The van der Waals surface area contributed by atoms with Gasteiger partial charge in [0.1, 0.15) is 5.75 Å². The molecule has 2 aromatic carbocycles. The maximum absolute atomic E-state index is 12.1. The molecule has 1 amide bonds. The third kappa shape index (κ3) is 4.36. The second kappa shape index (κ2) is 8.24. The van der Waals surface area contributed by atoms with Crippen LogP contribution in [0.25, 0.3) is 11.4 Å². The highest BCUT2D eigenvalue weighted by Gasteiger charge is 2.14. The minimum absolute atomic E-state index is 0.159. The number of ether oxygens (including phenoxy) is 1. The minimum atomic E-state index is -0.159. The number of nitrogens with zero attached hydrogens (tertiary/aromatic N) is 3. The average molecular weight is 434 g/mol. The standard InChI is InChI=1S/C17H16BrN5O2S/c1-25-14-8-6-13(7-9-14)20-15(24)10-26-17-22-21-16(23(17)19)11-2-4-12(18)5-3-11/h2-9H,10,19H2,1H3,(H,20,24). The van der Waals surface area contributed by atoms with Gasteiger partial charge in [-0.25, -0.2) is 4.68 Å². The maximum atomic E-state index is 12.1. The number of aromatic nitrogens is 3. The Morgan fingerprint density at radius 2 is 1.88 bits per heavy atom. The molecule has 0 saturated carbocycles. The van der Waals surface area contributed by atoms with E-state index in [1.807, 2.05) is 24.3 Å². The van der Waals surface area contributed by atoms with Gasteiger partial charge in [0, 0.05) is 15.7 Å². The van der Waals surface area contributed by atoms with Crippen molar-refractivity contribution in [3.63, 3.8) is 0 Å². The van der Waals surface area contributed by atoms with Gasteiger partial charge < -0.3 is 15.9 Å². The zero-order chi connectivity index (χ0) is 18.5. The monoisotopic (exact) mass is 433 g/mol. The van der Waals surface area contributed by atoms with Crippen LogP contribution in [-0.2, 0) is 4.79 Å². The normalized spacial score (nSPS) is 10.5. The first-order chi connectivity index (χ1) is 12.6. The van der Waals surface area contributed by atoms with Gasteiger partial charge in [-0.3, -0.25) is 4.79 Å². The number of carbonyl (C=O) groups excluding carboxylic acids is 1. The summed E-state index contributed by atoms with van der Waals surface area (Å²) in [6.07, 6.45) is 0. The molecule has 0 fully saturated rings. The summed E-state index contributed by atoms with van der Waals surface area (Å²) in [5, 5.41) is 11.4. The Morgan fingerprint density at radius 1 is 1.19 bits per heavy atom. The number of methoxy groups -OCH3 is 1. The van der Waals surface area contributed by atoms with Crippen molar-refractivity contribution in [1.82, 2.24) is 14.9 Å². The van der Waals surface area contributed by atoms with Gasteiger partial charge in [-0.1, -0.05) is 39.8 Å². The lowest BCUT2D eigenvalue weighted by Crippen LogP contribution is -2.16. The molecule has 1 aromatic heterocycles. The lowest BCUT2D eigenvalue weighted by molar-refractivity contribution is -0.113. The van der Waals surface area contributed by atoms with Crippen molar-refractivity contribution in [2.75, 3.05) is 24.0 Å². The number of anilines is 1. The number of carbonyl (C=O) groups is 1. The number of nitrogens with two attached hydrogens (primary N) is 1. The van der Waals surface area contributed by atoms with Gasteiger partial charge >= 0.3 is 0 Å². The van der Waals surface area contributed by atoms with Crippen molar-refractivity contribution in [2.24, 2.45) is 0 Å². The van der Waals surface area contributed by atoms with Gasteiger partial charge in [-0.2, -0.15) is 0 Å². The molecule has 0 aliphatic rings. The fourth-order valence-electron chi connectivity index (χ4n) is 2.17. The van der Waals surface area contributed by atoms with Crippen LogP contribution in [0.15, 0.2) is 58.2 Å². The summed E-state index contributed by atoms with van der Waals surface area (Å²) in [7, 11) is 1.59. The number of thioether (sulfide) groups is 1. The molecule has 3 N–H and O–H groups in total. The van der Waals surface area contributed by atoms with E-state index in [2.05, 4.69) is 31.4 Å². The summed E-state index contributed by atoms with van der Waals surface area (Å²) >= 11 is 4.61. The molecule has 26 heavy (non-hydrogen) atoms. The van der Waals surface area contributed by atoms with E-state index in [4.69, 9.17) is 10.6 Å². The third-order valence-electron chi connectivity index (χ3n) is 3.47. The summed E-state index contributed by atoms with van der Waals surface area (Å²) in [6.45, 7) is 0. The first-order valence-corrected chi connectivity index (χ1v) is 9.38. The molecule has 134 valence electrons. The zero-order valence-electron chi connectivity index (χ0n) is 13.8. The van der Waals surface area contributed by atoms with Crippen LogP contribution in [0.4, 0.5) is 5.69 Å². The molecular formula is C17H16BrN5O2S. The van der Waals surface area contributed by atoms with Gasteiger partial charge in [0.2, 0.25) is 11.1 Å². The maximum Gasteiger partial charge on any atom is 0.234 e. The average Bonchev–Trinajstić information content (AvgIpc) is 3.02. The Balaban J connectivity index is 1.60. The highest BCUT2D eigenvalue weighted by molar-refractivity contribution is 9.10. The van der Waals surface area contributed by atoms with Crippen LogP contribution in [0.5, 0.6) is 5.75 Å². The SMILES string of the molecule is COc1ccc(NC(=O)CSc2nnc(-c3ccc(Br)cc3)n2N)cc1. The molecule has 3 aromatic rings. The number of hydrogen-bond donors (Lipinski definition) is 2. The molecule has 1 heterocycles. The number of nitrogen functional groups attached to an aromatic ring is 1. The van der Waals surface area contributed by atoms with Crippen LogP contribution in [-0.4, -0.2) is 33.6 Å². The molecule has 0 saturated heterocycles. The number of halogens is 1. The predicted molar refractivity (Wildman–Crippen MR) is 106 cm³/mol. The number of hydrogen-bond acceptors (Lipinski definition) is 6. The van der Waals surface area contributed by atoms with Crippen molar-refractivity contribution in [3.8, 4) is 17.1 Å². The van der Waals surface area contributed by atoms with Crippen LogP contribution in [0, 0.1) is 0 Å². The number of benzene rings is 2. The van der Waals surface area contributed by atoms with E-state index in [-0.39, 0.29) is 11.7 Å². The Morgan fingerprint density at radius 3 is 2.54 bits per heavy atom. The first-order valence-electron chi connectivity index (χ1n) is 7.60. The summed E-state index contributed by atoms with van der Waals surface area (Å²) in [6, 6.07) is 14.7. The van der Waals surface area contributed by atoms with E-state index in [1.165, 1.54) is 16.4 Å². The summed E-state index contributed by atoms with van der Waals surface area (Å²) in [5.41, 5.74) is 1.54. The summed E-state index contributed by atoms with van der Waals surface area (Å²) in [4.78, 5) is 12.1.